The van der Waals surface area contributed by atoms with E-state index in [2.05, 4.69) is 18.3 Å². The van der Waals surface area contributed by atoms with Gasteiger partial charge in [0.2, 0.25) is 0 Å². The number of phenolic OH excluding ortho intramolecular Hbond substituents is 1. The molecule has 0 aromatic heterocycles. The van der Waals surface area contributed by atoms with Crippen LogP contribution < -0.4 is 5.32 Å². The Bertz CT molecular complexity index is 670. The number of nitrogens with one attached hydrogen (secondary N) is 1. The van der Waals surface area contributed by atoms with Crippen molar-refractivity contribution in [1.29, 1.82) is 0 Å². The number of unbranched alkanes of at least 4 members (excludes halogenated alkanes) is 5. The molecule has 2 N–H and O–H groups in total. The summed E-state index contributed by atoms with van der Waals surface area (Å²) >= 11 is 0. The van der Waals surface area contributed by atoms with Gasteiger partial charge in [-0.1, -0.05) is 57.2 Å². The average molecular weight is 340 g/mol. The molecule has 0 aliphatic heterocycles. The van der Waals surface area contributed by atoms with E-state index in [1.54, 1.807) is 36.4 Å². The van der Waals surface area contributed by atoms with E-state index in [9.17, 15) is 9.90 Å². The minimum Gasteiger partial charge on any atom is -0.508 e. The van der Waals surface area contributed by atoms with Crippen LogP contribution in [0.25, 0.3) is 11.1 Å². The molecule has 1 amide bonds. The second kappa shape index (κ2) is 10.4. The Morgan fingerprint density at radius 1 is 1.12 bits per heavy atom. The maximum Gasteiger partial charge on any atom is 0.411 e. The molecule has 0 spiro atoms. The van der Waals surface area contributed by atoms with Gasteiger partial charge >= 0.3 is 6.09 Å². The van der Waals surface area contributed by atoms with E-state index < -0.39 is 6.09 Å². The van der Waals surface area contributed by atoms with Gasteiger partial charge in [-0.15, -0.1) is 0 Å². The Morgan fingerprint density at radius 2 is 1.92 bits per heavy atom. The third-order valence-electron chi connectivity index (χ3n) is 3.94. The predicted molar refractivity (Wildman–Crippen MR) is 101 cm³/mol. The van der Waals surface area contributed by atoms with Gasteiger partial charge in [-0.2, -0.15) is 0 Å². The van der Waals surface area contributed by atoms with Gasteiger partial charge in [0.05, 0.1) is 6.61 Å². The van der Waals surface area contributed by atoms with E-state index in [0.29, 0.717) is 12.3 Å². The van der Waals surface area contributed by atoms with Gasteiger partial charge in [-0.05, 0) is 47.9 Å². The topological polar surface area (TPSA) is 58.6 Å². The summed E-state index contributed by atoms with van der Waals surface area (Å²) in [6, 6.07) is 15.3. The molecule has 4 heteroatoms. The summed E-state index contributed by atoms with van der Waals surface area (Å²) in [4.78, 5) is 11.9. The number of anilines is 1. The predicted octanol–water partition coefficient (Wildman–Crippen LogP) is 5.77. The second-order valence-electron chi connectivity index (χ2n) is 6.07. The maximum atomic E-state index is 11.9. The van der Waals surface area contributed by atoms with Crippen LogP contribution in [0.5, 0.6) is 5.75 Å². The van der Waals surface area contributed by atoms with Gasteiger partial charge in [0.25, 0.3) is 0 Å². The zero-order chi connectivity index (χ0) is 17.9. The standard InChI is InChI=1S/C21H26NO3/c1-2-3-4-5-6-7-14-25-21(24)22-19-12-8-10-17(15-19)18-11-9-13-20(23)16-18/h8-9,11-13,15-16,23H,2-7,14H2,1H3,(H,22,24). The molecule has 0 aliphatic carbocycles. The monoisotopic (exact) mass is 340 g/mol. The molecule has 0 heterocycles. The molecule has 0 bridgehead atoms. The van der Waals surface area contributed by atoms with E-state index in [1.807, 2.05) is 6.07 Å². The number of phenols is 1. The van der Waals surface area contributed by atoms with E-state index >= 15 is 0 Å². The lowest BCUT2D eigenvalue weighted by atomic mass is 10.0. The number of aromatic hydroxyl groups is 1. The van der Waals surface area contributed by atoms with Gasteiger partial charge < -0.3 is 9.84 Å². The molecule has 4 nitrogen and oxygen atoms in total. The molecule has 2 aromatic carbocycles. The molecule has 25 heavy (non-hydrogen) atoms. The summed E-state index contributed by atoms with van der Waals surface area (Å²) < 4.78 is 5.22. The van der Waals surface area contributed by atoms with Crippen molar-refractivity contribution >= 4 is 11.8 Å². The Kier molecular flexibility index (Phi) is 7.83. The summed E-state index contributed by atoms with van der Waals surface area (Å²) in [6.07, 6.45) is 6.50. The number of rotatable bonds is 9. The number of benzene rings is 2. The van der Waals surface area contributed by atoms with Crippen LogP contribution >= 0.6 is 0 Å². The van der Waals surface area contributed by atoms with Crippen LogP contribution in [0.2, 0.25) is 0 Å². The lowest BCUT2D eigenvalue weighted by molar-refractivity contribution is 0.159. The summed E-state index contributed by atoms with van der Waals surface area (Å²) in [7, 11) is 0. The number of amides is 1. The normalized spacial score (nSPS) is 10.4. The van der Waals surface area contributed by atoms with Crippen molar-refractivity contribution in [1.82, 2.24) is 0 Å². The van der Waals surface area contributed by atoms with Crippen LogP contribution in [-0.4, -0.2) is 17.8 Å². The number of ether oxygens (including phenoxy) is 1. The quantitative estimate of drug-likeness (QED) is 0.570. The third-order valence-corrected chi connectivity index (χ3v) is 3.94. The molecule has 0 saturated heterocycles. The highest BCUT2D eigenvalue weighted by Crippen LogP contribution is 2.25. The number of hydrogen-bond donors (Lipinski definition) is 2. The minimum atomic E-state index is -0.443. The maximum absolute atomic E-state index is 11.9. The van der Waals surface area contributed by atoms with Crippen molar-refractivity contribution in [2.45, 2.75) is 45.4 Å². The molecule has 2 aromatic rings. The number of carbonyl (C=O) groups is 1. The van der Waals surface area contributed by atoms with Crippen LogP contribution in [0.4, 0.5) is 10.5 Å². The molecule has 1 radical (unpaired) electrons. The highest BCUT2D eigenvalue weighted by molar-refractivity contribution is 5.85. The van der Waals surface area contributed by atoms with E-state index in [-0.39, 0.29) is 5.75 Å². The lowest BCUT2D eigenvalue weighted by Crippen LogP contribution is -2.14. The highest BCUT2D eigenvalue weighted by atomic mass is 16.5. The molecule has 0 unspecified atom stereocenters. The number of carbonyl (C=O) groups excluding carboxylic acids is 1. The fourth-order valence-corrected chi connectivity index (χ4v) is 2.59. The van der Waals surface area contributed by atoms with Crippen molar-refractivity contribution in [3.8, 4) is 16.9 Å². The molecule has 2 rings (SSSR count). The molecule has 0 saturated carbocycles. The van der Waals surface area contributed by atoms with E-state index in [4.69, 9.17) is 4.74 Å². The van der Waals surface area contributed by atoms with Crippen molar-refractivity contribution in [2.75, 3.05) is 11.9 Å². The van der Waals surface area contributed by atoms with Crippen molar-refractivity contribution < 1.29 is 14.6 Å². The average Bonchev–Trinajstić information content (AvgIpc) is 2.61. The zero-order valence-corrected chi connectivity index (χ0v) is 14.8. The van der Waals surface area contributed by atoms with Crippen LogP contribution in [0.3, 0.4) is 0 Å². The van der Waals surface area contributed by atoms with Crippen LogP contribution in [-0.2, 0) is 4.74 Å². The molecule has 0 atom stereocenters. The Labute approximate surface area is 149 Å². The Balaban J connectivity index is 1.78. The van der Waals surface area contributed by atoms with E-state index in [1.165, 1.54) is 25.7 Å². The van der Waals surface area contributed by atoms with Crippen LogP contribution in [0.1, 0.15) is 45.4 Å². The zero-order valence-electron chi connectivity index (χ0n) is 14.8. The minimum absolute atomic E-state index is 0.197. The van der Waals surface area contributed by atoms with Crippen molar-refractivity contribution in [3.05, 3.63) is 48.5 Å². The third kappa shape index (κ3) is 6.87. The Hall–Kier alpha value is -2.49. The first-order valence-corrected chi connectivity index (χ1v) is 8.94. The van der Waals surface area contributed by atoms with Crippen LogP contribution in [0.15, 0.2) is 42.5 Å². The molecular weight excluding hydrogens is 314 g/mol. The van der Waals surface area contributed by atoms with Crippen molar-refractivity contribution in [2.24, 2.45) is 0 Å². The molecular formula is C21H26NO3. The first-order chi connectivity index (χ1) is 12.2. The molecule has 0 fully saturated rings. The fraction of sp³-hybridized carbons (Fsp3) is 0.381. The number of hydrogen-bond acceptors (Lipinski definition) is 3. The first-order valence-electron chi connectivity index (χ1n) is 8.94. The van der Waals surface area contributed by atoms with Crippen molar-refractivity contribution in [3.63, 3.8) is 0 Å². The summed E-state index contributed by atoms with van der Waals surface area (Å²) in [5, 5.41) is 12.3. The lowest BCUT2D eigenvalue weighted by Gasteiger charge is -2.09. The largest absolute Gasteiger partial charge is 0.508 e. The van der Waals surface area contributed by atoms with E-state index in [0.717, 1.165) is 24.0 Å². The van der Waals surface area contributed by atoms with Gasteiger partial charge in [0.15, 0.2) is 0 Å². The van der Waals surface area contributed by atoms with Crippen LogP contribution in [0, 0.1) is 6.07 Å². The fourth-order valence-electron chi connectivity index (χ4n) is 2.59. The van der Waals surface area contributed by atoms with Gasteiger partial charge in [-0.3, -0.25) is 5.32 Å². The summed E-state index contributed by atoms with van der Waals surface area (Å²) in [6.45, 7) is 2.64. The molecule has 0 aliphatic rings. The molecule has 133 valence electrons. The van der Waals surface area contributed by atoms with Gasteiger partial charge in [0, 0.05) is 5.69 Å². The SMILES string of the molecule is CCCCCCCCOC(=O)Nc1cc[c]c(-c2cccc(O)c2)c1. The second-order valence-corrected chi connectivity index (χ2v) is 6.07. The summed E-state index contributed by atoms with van der Waals surface area (Å²) in [5.74, 6) is 0.197. The van der Waals surface area contributed by atoms with Gasteiger partial charge in [0.1, 0.15) is 5.75 Å². The summed E-state index contributed by atoms with van der Waals surface area (Å²) in [5.41, 5.74) is 2.28. The Morgan fingerprint density at radius 3 is 2.72 bits per heavy atom. The van der Waals surface area contributed by atoms with Gasteiger partial charge in [-0.25, -0.2) is 4.79 Å². The first kappa shape index (κ1) is 18.8. The smallest absolute Gasteiger partial charge is 0.411 e. The highest BCUT2D eigenvalue weighted by Gasteiger charge is 2.05.